The van der Waals surface area contributed by atoms with Crippen LogP contribution in [0, 0.1) is 5.41 Å². The summed E-state index contributed by atoms with van der Waals surface area (Å²) < 4.78 is 0. The highest BCUT2D eigenvalue weighted by atomic mass is 16.2. The molecule has 3 nitrogen and oxygen atoms in total. The molecule has 0 radical (unpaired) electrons. The molecule has 0 saturated carbocycles. The van der Waals surface area contributed by atoms with Crippen molar-refractivity contribution in [3.63, 3.8) is 0 Å². The average Bonchev–Trinajstić information content (AvgIpc) is 2.14. The maximum absolute atomic E-state index is 11.3. The van der Waals surface area contributed by atoms with Gasteiger partial charge in [0.25, 0.3) is 0 Å². The van der Waals surface area contributed by atoms with Crippen molar-refractivity contribution in [2.45, 2.75) is 26.2 Å². The van der Waals surface area contributed by atoms with Crippen LogP contribution in [0.25, 0.3) is 0 Å². The third kappa shape index (κ3) is 1.57. The second-order valence-corrected chi connectivity index (χ2v) is 4.35. The zero-order valence-electron chi connectivity index (χ0n) is 8.31. The first kappa shape index (κ1) is 9.00. The lowest BCUT2D eigenvalue weighted by molar-refractivity contribution is -0.144. The molecule has 0 atom stereocenters. The van der Waals surface area contributed by atoms with E-state index >= 15 is 0 Å². The Kier molecular flexibility index (Phi) is 2.28. The third-order valence-electron chi connectivity index (χ3n) is 3.37. The minimum atomic E-state index is 0.323. The van der Waals surface area contributed by atoms with Crippen molar-refractivity contribution in [2.75, 3.05) is 26.2 Å². The fourth-order valence-corrected chi connectivity index (χ4v) is 2.44. The lowest BCUT2D eigenvalue weighted by atomic mass is 9.72. The molecule has 2 aliphatic rings. The second kappa shape index (κ2) is 3.29. The number of carbonyl (C=O) groups is 1. The zero-order chi connectivity index (χ0) is 9.31. The topological polar surface area (TPSA) is 32.3 Å². The number of amides is 1. The second-order valence-electron chi connectivity index (χ2n) is 4.35. The number of nitrogens with one attached hydrogen (secondary N) is 1. The molecule has 2 heterocycles. The van der Waals surface area contributed by atoms with Gasteiger partial charge in [-0.05, 0) is 25.9 Å². The first-order valence-corrected chi connectivity index (χ1v) is 5.24. The molecule has 2 aliphatic heterocycles. The van der Waals surface area contributed by atoms with Crippen molar-refractivity contribution in [3.8, 4) is 0 Å². The van der Waals surface area contributed by atoms with Gasteiger partial charge in [0, 0.05) is 24.9 Å². The Hall–Kier alpha value is -0.570. The molecule has 1 amide bonds. The van der Waals surface area contributed by atoms with E-state index in [0.29, 0.717) is 17.7 Å². The summed E-state index contributed by atoms with van der Waals surface area (Å²) in [5, 5.41) is 3.36. The Bertz CT molecular complexity index is 201. The van der Waals surface area contributed by atoms with Crippen LogP contribution in [0.3, 0.4) is 0 Å². The van der Waals surface area contributed by atoms with E-state index in [0.717, 1.165) is 26.2 Å². The van der Waals surface area contributed by atoms with Crippen LogP contribution < -0.4 is 5.32 Å². The van der Waals surface area contributed by atoms with Crippen LogP contribution >= 0.6 is 0 Å². The van der Waals surface area contributed by atoms with Crippen molar-refractivity contribution < 1.29 is 4.79 Å². The van der Waals surface area contributed by atoms with Gasteiger partial charge in [-0.15, -0.1) is 0 Å². The molecule has 1 spiro atoms. The molecule has 13 heavy (non-hydrogen) atoms. The smallest absolute Gasteiger partial charge is 0.222 e. The number of rotatable bonds is 1. The minimum absolute atomic E-state index is 0.323. The molecule has 2 saturated heterocycles. The summed E-state index contributed by atoms with van der Waals surface area (Å²) in [5.74, 6) is 0.323. The van der Waals surface area contributed by atoms with Crippen molar-refractivity contribution in [2.24, 2.45) is 5.41 Å². The van der Waals surface area contributed by atoms with E-state index in [1.165, 1.54) is 12.8 Å². The summed E-state index contributed by atoms with van der Waals surface area (Å²) in [5.41, 5.74) is 0.496. The van der Waals surface area contributed by atoms with Crippen LogP contribution in [0.15, 0.2) is 0 Å². The largest absolute Gasteiger partial charge is 0.341 e. The summed E-state index contributed by atoms with van der Waals surface area (Å²) >= 11 is 0. The highest BCUT2D eigenvalue weighted by Gasteiger charge is 2.44. The standard InChI is InChI=1S/C10H18N2O/c1-2-9(13)12-7-10(8-12)3-5-11-6-4-10/h11H,2-8H2,1H3. The first-order chi connectivity index (χ1) is 6.26. The number of nitrogens with zero attached hydrogens (tertiary/aromatic N) is 1. The quantitative estimate of drug-likeness (QED) is 0.644. The Labute approximate surface area is 79.5 Å². The van der Waals surface area contributed by atoms with Gasteiger partial charge in [0.2, 0.25) is 5.91 Å². The molecule has 0 aromatic rings. The van der Waals surface area contributed by atoms with Gasteiger partial charge >= 0.3 is 0 Å². The van der Waals surface area contributed by atoms with Crippen LogP contribution in [-0.2, 0) is 4.79 Å². The first-order valence-electron chi connectivity index (χ1n) is 5.24. The minimum Gasteiger partial charge on any atom is -0.341 e. The number of piperidine rings is 1. The van der Waals surface area contributed by atoms with Crippen LogP contribution in [-0.4, -0.2) is 37.0 Å². The van der Waals surface area contributed by atoms with Gasteiger partial charge in [-0.2, -0.15) is 0 Å². The number of carbonyl (C=O) groups excluding carboxylic acids is 1. The number of hydrogen-bond donors (Lipinski definition) is 1. The van der Waals surface area contributed by atoms with Crippen LogP contribution in [0.2, 0.25) is 0 Å². The van der Waals surface area contributed by atoms with Gasteiger partial charge in [0.05, 0.1) is 0 Å². The molecule has 0 aromatic heterocycles. The van der Waals surface area contributed by atoms with Gasteiger partial charge in [0.15, 0.2) is 0 Å². The van der Waals surface area contributed by atoms with Crippen molar-refractivity contribution in [3.05, 3.63) is 0 Å². The predicted octanol–water partition coefficient (Wildman–Crippen LogP) is 0.608. The molecule has 0 unspecified atom stereocenters. The SMILES string of the molecule is CCC(=O)N1CC2(CCNCC2)C1. The van der Waals surface area contributed by atoms with E-state index in [1.54, 1.807) is 0 Å². The molecular formula is C10H18N2O. The van der Waals surface area contributed by atoms with E-state index in [4.69, 9.17) is 0 Å². The van der Waals surface area contributed by atoms with Crippen LogP contribution in [0.4, 0.5) is 0 Å². The normalized spacial score (nSPS) is 25.8. The third-order valence-corrected chi connectivity index (χ3v) is 3.37. The maximum Gasteiger partial charge on any atom is 0.222 e. The van der Waals surface area contributed by atoms with E-state index < -0.39 is 0 Å². The summed E-state index contributed by atoms with van der Waals surface area (Å²) in [7, 11) is 0. The van der Waals surface area contributed by atoms with E-state index in [-0.39, 0.29) is 0 Å². The molecule has 0 aliphatic carbocycles. The van der Waals surface area contributed by atoms with Crippen molar-refractivity contribution >= 4 is 5.91 Å². The van der Waals surface area contributed by atoms with Gasteiger partial charge in [-0.1, -0.05) is 6.92 Å². The summed E-state index contributed by atoms with van der Waals surface area (Å²) in [6.45, 7) is 6.24. The molecular weight excluding hydrogens is 164 g/mol. The van der Waals surface area contributed by atoms with Gasteiger partial charge in [0.1, 0.15) is 0 Å². The van der Waals surface area contributed by atoms with Crippen molar-refractivity contribution in [1.82, 2.24) is 10.2 Å². The fraction of sp³-hybridized carbons (Fsp3) is 0.900. The molecule has 0 aromatic carbocycles. The summed E-state index contributed by atoms with van der Waals surface area (Å²) in [6, 6.07) is 0. The Morgan fingerprint density at radius 2 is 2.00 bits per heavy atom. The molecule has 2 rings (SSSR count). The van der Waals surface area contributed by atoms with Crippen molar-refractivity contribution in [1.29, 1.82) is 0 Å². The van der Waals surface area contributed by atoms with Crippen LogP contribution in [0.1, 0.15) is 26.2 Å². The van der Waals surface area contributed by atoms with Gasteiger partial charge in [-0.3, -0.25) is 4.79 Å². The van der Waals surface area contributed by atoms with E-state index in [2.05, 4.69) is 5.32 Å². The molecule has 74 valence electrons. The van der Waals surface area contributed by atoms with Crippen LogP contribution in [0.5, 0.6) is 0 Å². The van der Waals surface area contributed by atoms with Gasteiger partial charge < -0.3 is 10.2 Å². The Morgan fingerprint density at radius 3 is 2.54 bits per heavy atom. The summed E-state index contributed by atoms with van der Waals surface area (Å²) in [6.07, 6.45) is 3.16. The van der Waals surface area contributed by atoms with E-state index in [1.807, 2.05) is 11.8 Å². The lowest BCUT2D eigenvalue weighted by Crippen LogP contribution is -2.61. The molecule has 0 bridgehead atoms. The highest BCUT2D eigenvalue weighted by molar-refractivity contribution is 5.76. The molecule has 1 N–H and O–H groups in total. The van der Waals surface area contributed by atoms with Gasteiger partial charge in [-0.25, -0.2) is 0 Å². The number of likely N-dealkylation sites (tertiary alicyclic amines) is 1. The molecule has 3 heteroatoms. The predicted molar refractivity (Wildman–Crippen MR) is 51.4 cm³/mol. The Morgan fingerprint density at radius 1 is 1.38 bits per heavy atom. The fourth-order valence-electron chi connectivity index (χ4n) is 2.44. The Balaban J connectivity index is 1.85. The van der Waals surface area contributed by atoms with E-state index in [9.17, 15) is 4.79 Å². The maximum atomic E-state index is 11.3. The monoisotopic (exact) mass is 182 g/mol. The highest BCUT2D eigenvalue weighted by Crippen LogP contribution is 2.38. The summed E-state index contributed by atoms with van der Waals surface area (Å²) in [4.78, 5) is 13.3. The lowest BCUT2D eigenvalue weighted by Gasteiger charge is -2.52. The molecule has 2 fully saturated rings. The zero-order valence-corrected chi connectivity index (χ0v) is 8.31. The average molecular weight is 182 g/mol. The number of hydrogen-bond acceptors (Lipinski definition) is 2.